The van der Waals surface area contributed by atoms with Gasteiger partial charge in [-0.3, -0.25) is 0 Å². The van der Waals surface area contributed by atoms with Gasteiger partial charge in [0.15, 0.2) is 0 Å². The normalized spacial score (nSPS) is 15.1. The standard InChI is InChI=1S/C21H33N/c1-7-17(2)21(5,6)16-19(18-12-9-8-10-13-18)20(3,4)14-11-15-22/h8-10,12-13,17,19H,7,11,14,16H2,1-6H3. The molecule has 0 spiro atoms. The van der Waals surface area contributed by atoms with E-state index in [0.717, 1.165) is 6.42 Å². The lowest BCUT2D eigenvalue weighted by Gasteiger charge is -2.42. The quantitative estimate of drug-likeness (QED) is 0.533. The summed E-state index contributed by atoms with van der Waals surface area (Å²) in [6.45, 7) is 14.1. The van der Waals surface area contributed by atoms with E-state index >= 15 is 0 Å². The maximum Gasteiger partial charge on any atom is 0.0621 e. The summed E-state index contributed by atoms with van der Waals surface area (Å²) >= 11 is 0. The molecule has 1 heteroatoms. The molecule has 0 aromatic heterocycles. The molecule has 0 amide bonds. The van der Waals surface area contributed by atoms with E-state index in [2.05, 4.69) is 77.9 Å². The van der Waals surface area contributed by atoms with E-state index in [1.54, 1.807) is 0 Å². The number of nitriles is 1. The van der Waals surface area contributed by atoms with Gasteiger partial charge in [-0.1, -0.05) is 78.3 Å². The first-order chi connectivity index (χ1) is 10.2. The molecule has 0 saturated heterocycles. The molecule has 0 bridgehead atoms. The second kappa shape index (κ2) is 7.82. The molecular formula is C21H33N. The van der Waals surface area contributed by atoms with E-state index in [-0.39, 0.29) is 5.41 Å². The van der Waals surface area contributed by atoms with Crippen molar-refractivity contribution in [2.24, 2.45) is 16.7 Å². The summed E-state index contributed by atoms with van der Waals surface area (Å²) in [4.78, 5) is 0. The van der Waals surface area contributed by atoms with Crippen molar-refractivity contribution in [3.8, 4) is 6.07 Å². The maximum absolute atomic E-state index is 8.99. The Hall–Kier alpha value is -1.29. The average molecular weight is 300 g/mol. The summed E-state index contributed by atoms with van der Waals surface area (Å²) < 4.78 is 0. The van der Waals surface area contributed by atoms with Gasteiger partial charge in [0.1, 0.15) is 0 Å². The molecule has 22 heavy (non-hydrogen) atoms. The molecule has 1 aromatic rings. The minimum atomic E-state index is 0.141. The summed E-state index contributed by atoms with van der Waals surface area (Å²) in [5.41, 5.74) is 1.86. The van der Waals surface area contributed by atoms with Crippen molar-refractivity contribution in [2.45, 2.75) is 73.1 Å². The summed E-state index contributed by atoms with van der Waals surface area (Å²) in [5.74, 6) is 1.19. The van der Waals surface area contributed by atoms with Crippen molar-refractivity contribution in [1.29, 1.82) is 5.26 Å². The third kappa shape index (κ3) is 4.87. The average Bonchev–Trinajstić information content (AvgIpc) is 2.50. The van der Waals surface area contributed by atoms with Crippen LogP contribution in [0.2, 0.25) is 0 Å². The van der Waals surface area contributed by atoms with E-state index in [1.165, 1.54) is 18.4 Å². The smallest absolute Gasteiger partial charge is 0.0621 e. The molecule has 0 aliphatic carbocycles. The lowest BCUT2D eigenvalue weighted by Crippen LogP contribution is -2.31. The third-order valence-electron chi connectivity index (χ3n) is 5.70. The van der Waals surface area contributed by atoms with E-state index < -0.39 is 0 Å². The fourth-order valence-electron chi connectivity index (χ4n) is 3.36. The molecule has 1 aromatic carbocycles. The number of hydrogen-bond donors (Lipinski definition) is 0. The second-order valence-electron chi connectivity index (χ2n) is 8.11. The highest BCUT2D eigenvalue weighted by molar-refractivity contribution is 5.22. The van der Waals surface area contributed by atoms with Crippen molar-refractivity contribution < 1.29 is 0 Å². The SMILES string of the molecule is CCC(C)C(C)(C)CC(c1ccccc1)C(C)(C)CCC#N. The van der Waals surface area contributed by atoms with Crippen LogP contribution in [0.3, 0.4) is 0 Å². The Morgan fingerprint density at radius 2 is 1.64 bits per heavy atom. The highest BCUT2D eigenvalue weighted by atomic mass is 14.4. The van der Waals surface area contributed by atoms with Crippen molar-refractivity contribution >= 4 is 0 Å². The van der Waals surface area contributed by atoms with Gasteiger partial charge < -0.3 is 0 Å². The molecule has 122 valence electrons. The van der Waals surface area contributed by atoms with Crippen LogP contribution in [0, 0.1) is 28.1 Å². The Bertz CT molecular complexity index is 478. The Kier molecular flexibility index (Phi) is 6.66. The molecular weight excluding hydrogens is 266 g/mol. The van der Waals surface area contributed by atoms with Gasteiger partial charge in [-0.2, -0.15) is 5.26 Å². The van der Waals surface area contributed by atoms with E-state index in [1.807, 2.05) is 0 Å². The number of hydrogen-bond acceptors (Lipinski definition) is 1. The Morgan fingerprint density at radius 3 is 2.14 bits per heavy atom. The molecule has 2 atom stereocenters. The predicted molar refractivity (Wildman–Crippen MR) is 95.7 cm³/mol. The first-order valence-electron chi connectivity index (χ1n) is 8.66. The molecule has 1 rings (SSSR count). The first-order valence-corrected chi connectivity index (χ1v) is 8.66. The molecule has 2 unspecified atom stereocenters. The lowest BCUT2D eigenvalue weighted by atomic mass is 9.63. The van der Waals surface area contributed by atoms with Crippen LogP contribution in [0.25, 0.3) is 0 Å². The van der Waals surface area contributed by atoms with Crippen LogP contribution in [-0.2, 0) is 0 Å². The minimum Gasteiger partial charge on any atom is -0.198 e. The number of rotatable bonds is 8. The largest absolute Gasteiger partial charge is 0.198 e. The second-order valence-corrected chi connectivity index (χ2v) is 8.11. The van der Waals surface area contributed by atoms with Crippen LogP contribution in [-0.4, -0.2) is 0 Å². The van der Waals surface area contributed by atoms with Gasteiger partial charge in [-0.05, 0) is 41.1 Å². The number of benzene rings is 1. The molecule has 1 nitrogen and oxygen atoms in total. The molecule has 0 saturated carbocycles. The third-order valence-corrected chi connectivity index (χ3v) is 5.70. The van der Waals surface area contributed by atoms with E-state index in [9.17, 15) is 0 Å². The van der Waals surface area contributed by atoms with Gasteiger partial charge in [-0.25, -0.2) is 0 Å². The van der Waals surface area contributed by atoms with Gasteiger partial charge in [0.25, 0.3) is 0 Å². The van der Waals surface area contributed by atoms with Crippen LogP contribution >= 0.6 is 0 Å². The van der Waals surface area contributed by atoms with Crippen LogP contribution in [0.5, 0.6) is 0 Å². The van der Waals surface area contributed by atoms with Gasteiger partial charge in [0.05, 0.1) is 6.07 Å². The minimum absolute atomic E-state index is 0.141. The van der Waals surface area contributed by atoms with Crippen molar-refractivity contribution in [3.05, 3.63) is 35.9 Å². The van der Waals surface area contributed by atoms with E-state index in [0.29, 0.717) is 23.7 Å². The molecule has 0 N–H and O–H groups in total. The van der Waals surface area contributed by atoms with Crippen molar-refractivity contribution in [1.82, 2.24) is 0 Å². The van der Waals surface area contributed by atoms with Crippen LogP contribution in [0.1, 0.15) is 78.7 Å². The maximum atomic E-state index is 8.99. The fraction of sp³-hybridized carbons (Fsp3) is 0.667. The number of nitrogens with zero attached hydrogens (tertiary/aromatic N) is 1. The fourth-order valence-corrected chi connectivity index (χ4v) is 3.36. The summed E-state index contributed by atoms with van der Waals surface area (Å²) in [6.07, 6.45) is 3.98. The van der Waals surface area contributed by atoms with Crippen LogP contribution in [0.15, 0.2) is 30.3 Å². The van der Waals surface area contributed by atoms with Gasteiger partial charge >= 0.3 is 0 Å². The zero-order chi connectivity index (χ0) is 16.8. The highest BCUT2D eigenvalue weighted by Crippen LogP contribution is 2.48. The Balaban J connectivity index is 3.10. The summed E-state index contributed by atoms with van der Waals surface area (Å²) in [7, 11) is 0. The topological polar surface area (TPSA) is 23.8 Å². The highest BCUT2D eigenvalue weighted by Gasteiger charge is 2.36. The van der Waals surface area contributed by atoms with Gasteiger partial charge in [-0.15, -0.1) is 0 Å². The molecule has 0 heterocycles. The van der Waals surface area contributed by atoms with Gasteiger partial charge in [0, 0.05) is 6.42 Å². The zero-order valence-corrected chi connectivity index (χ0v) is 15.3. The van der Waals surface area contributed by atoms with Crippen molar-refractivity contribution in [3.63, 3.8) is 0 Å². The molecule has 0 fully saturated rings. The monoisotopic (exact) mass is 299 g/mol. The van der Waals surface area contributed by atoms with E-state index in [4.69, 9.17) is 5.26 Å². The summed E-state index contributed by atoms with van der Waals surface area (Å²) in [6, 6.07) is 13.2. The predicted octanol–water partition coefficient (Wildman–Crippen LogP) is 6.56. The summed E-state index contributed by atoms with van der Waals surface area (Å²) in [5, 5.41) is 8.99. The Labute approximate surface area is 137 Å². The van der Waals surface area contributed by atoms with Crippen LogP contribution < -0.4 is 0 Å². The first kappa shape index (κ1) is 18.8. The van der Waals surface area contributed by atoms with Crippen molar-refractivity contribution in [2.75, 3.05) is 0 Å². The van der Waals surface area contributed by atoms with Gasteiger partial charge in [0.2, 0.25) is 0 Å². The lowest BCUT2D eigenvalue weighted by molar-refractivity contribution is 0.136. The van der Waals surface area contributed by atoms with Crippen LogP contribution in [0.4, 0.5) is 0 Å². The zero-order valence-electron chi connectivity index (χ0n) is 15.3. The molecule has 0 radical (unpaired) electrons. The molecule has 0 aliphatic heterocycles. The molecule has 0 aliphatic rings. The Morgan fingerprint density at radius 1 is 1.05 bits per heavy atom.